The number of nitrogens with two attached hydrogens (primary N) is 5. The maximum Gasteiger partial charge on any atom is 0.239 e. The average molecular weight is 944 g/mol. The van der Waals surface area contributed by atoms with Gasteiger partial charge in [-0.2, -0.15) is 0 Å². The summed E-state index contributed by atoms with van der Waals surface area (Å²) in [6.45, 7) is 23.1. The van der Waals surface area contributed by atoms with Gasteiger partial charge in [0.25, 0.3) is 0 Å². The van der Waals surface area contributed by atoms with Crippen LogP contribution in [0.15, 0.2) is 12.5 Å². The van der Waals surface area contributed by atoms with Crippen molar-refractivity contribution < 1.29 is 30.1 Å². The van der Waals surface area contributed by atoms with Crippen LogP contribution in [0.4, 0.5) is 0 Å². The number of nitrogens with one attached hydrogen (secondary N) is 4. The second-order valence-corrected chi connectivity index (χ2v) is 16.5. The largest absolute Gasteiger partial charge is 0.390 e. The van der Waals surface area contributed by atoms with E-state index in [0.717, 1.165) is 77.1 Å². The molecule has 1 saturated heterocycles. The maximum absolute atomic E-state index is 9.36. The summed E-state index contributed by atoms with van der Waals surface area (Å²) in [6.07, 6.45) is 24.8. The molecule has 14 nitrogen and oxygen atoms in total. The highest BCUT2D eigenvalue weighted by atomic mass is 16.5. The number of aliphatic hydroxyl groups excluding tert-OH is 4. The number of aromatic nitrogens is 2. The summed E-state index contributed by atoms with van der Waals surface area (Å²) in [7, 11) is 0. The first-order chi connectivity index (χ1) is 29.1. The summed E-state index contributed by atoms with van der Waals surface area (Å²) in [5.41, 5.74) is 28.1. The molecule has 1 aliphatic heterocycles. The van der Waals surface area contributed by atoms with E-state index < -0.39 is 24.4 Å². The van der Waals surface area contributed by atoms with Crippen molar-refractivity contribution in [1.29, 1.82) is 5.41 Å². The third-order valence-corrected chi connectivity index (χ3v) is 9.26. The Morgan fingerprint density at radius 3 is 1.37 bits per heavy atom. The van der Waals surface area contributed by atoms with E-state index >= 15 is 0 Å². The van der Waals surface area contributed by atoms with Crippen LogP contribution in [0.3, 0.4) is 0 Å². The Kier molecular flexibility index (Phi) is 88.3. The van der Waals surface area contributed by atoms with Crippen LogP contribution in [-0.2, 0) is 11.2 Å². The summed E-state index contributed by atoms with van der Waals surface area (Å²) in [5, 5.41) is 47.2. The molecule has 0 bridgehead atoms. The van der Waals surface area contributed by atoms with Crippen molar-refractivity contribution in [2.45, 2.75) is 276 Å². The molecule has 18 N–H and O–H groups in total. The van der Waals surface area contributed by atoms with Crippen LogP contribution in [0.2, 0.25) is 0 Å². The second kappa shape index (κ2) is 68.9. The van der Waals surface area contributed by atoms with Gasteiger partial charge >= 0.3 is 0 Å². The molecule has 2 fully saturated rings. The van der Waals surface area contributed by atoms with Crippen molar-refractivity contribution in [3.8, 4) is 0 Å². The molecule has 3 rings (SSSR count). The van der Waals surface area contributed by atoms with E-state index in [2.05, 4.69) is 43.0 Å². The Balaban J connectivity index is -0.0000000795. The summed E-state index contributed by atoms with van der Waals surface area (Å²) < 4.78 is 5.01. The first-order valence-electron chi connectivity index (χ1n) is 24.4. The van der Waals surface area contributed by atoms with E-state index in [-0.39, 0.29) is 47.6 Å². The number of imidazole rings is 1. The van der Waals surface area contributed by atoms with Crippen molar-refractivity contribution in [2.24, 2.45) is 28.7 Å². The van der Waals surface area contributed by atoms with Crippen LogP contribution in [0.1, 0.15) is 233 Å². The molecular formula is C51H124N9O5+. The van der Waals surface area contributed by atoms with Gasteiger partial charge in [-0.15, -0.1) is 0 Å². The zero-order valence-corrected chi connectivity index (χ0v) is 41.4. The molecule has 0 radical (unpaired) electrons. The van der Waals surface area contributed by atoms with Crippen molar-refractivity contribution in [2.75, 3.05) is 32.8 Å². The fourth-order valence-electron chi connectivity index (χ4n) is 5.42. The van der Waals surface area contributed by atoms with Crippen LogP contribution < -0.4 is 39.0 Å². The van der Waals surface area contributed by atoms with Crippen LogP contribution >= 0.6 is 0 Å². The lowest BCUT2D eigenvalue weighted by molar-refractivity contribution is -0.376. The summed E-state index contributed by atoms with van der Waals surface area (Å²) in [6, 6.07) is 0.822. The molecule has 2 heterocycles. The highest BCUT2D eigenvalue weighted by Crippen LogP contribution is 2.15. The highest BCUT2D eigenvalue weighted by Gasteiger charge is 2.28. The zero-order chi connectivity index (χ0) is 47.5. The molecule has 0 aromatic carbocycles. The molecule has 1 aliphatic carbocycles. The second-order valence-electron chi connectivity index (χ2n) is 16.5. The van der Waals surface area contributed by atoms with Crippen molar-refractivity contribution in [3.63, 3.8) is 0 Å². The van der Waals surface area contributed by atoms with Crippen LogP contribution in [0.25, 0.3) is 0 Å². The summed E-state index contributed by atoms with van der Waals surface area (Å²) in [5.74, 6) is 0.260. The molecule has 1 aromatic heterocycles. The first-order valence-corrected chi connectivity index (χ1v) is 24.4. The predicted octanol–water partition coefficient (Wildman–Crippen LogP) is 9.15. The van der Waals surface area contributed by atoms with E-state index in [1.807, 2.05) is 33.9 Å². The molecule has 65 heavy (non-hydrogen) atoms. The van der Waals surface area contributed by atoms with Gasteiger partial charge in [0.15, 0.2) is 0 Å². The van der Waals surface area contributed by atoms with Crippen molar-refractivity contribution in [1.82, 2.24) is 10.3 Å². The highest BCUT2D eigenvalue weighted by molar-refractivity contribution is 5.76. The first kappa shape index (κ1) is 83.3. The topological polar surface area (TPSA) is 286 Å². The minimum atomic E-state index is -1.26. The quantitative estimate of drug-likeness (QED) is 0.0313. The summed E-state index contributed by atoms with van der Waals surface area (Å²) >= 11 is 0. The summed E-state index contributed by atoms with van der Waals surface area (Å²) in [4.78, 5) is 5.96. The SMILES string of the molecule is C.C.C.C.C1CCCC1.C1COCCN1.CCCCC.CCCCCC.CCC[C@H](O)[C@@H](O)[C@H](O)[C@H](O)CC.C[C@@H](N)CCCC(=N)N.C[C@@H](N)CCCCN.C[C@@H](N)Cc1c[nH+]c[nH]1. The smallest absolute Gasteiger partial charge is 0.239 e. The molecule has 1 aromatic rings. The average Bonchev–Trinajstić information content (AvgIpc) is 4.00. The van der Waals surface area contributed by atoms with Gasteiger partial charge in [-0.1, -0.05) is 161 Å². The third kappa shape index (κ3) is 79.7. The number of hydrogen-bond acceptors (Lipinski definition) is 11. The molecule has 2 aliphatic rings. The number of aliphatic hydroxyl groups is 4. The zero-order valence-electron chi connectivity index (χ0n) is 41.4. The third-order valence-electron chi connectivity index (χ3n) is 9.26. The molecule has 7 atom stereocenters. The Bertz CT molecular complexity index is 884. The Morgan fingerprint density at radius 1 is 0.646 bits per heavy atom. The standard InChI is InChI=1S/C9H20O4.C6H11N3.C6H15N3.C6H16N2.C6H14.C5H10.C5H12.C4H9NO.4CH4/c1-3-5-7(11)9(13)8(12)6(10)4-2;1-5(7)2-6-3-8-4-9-6;1-5(7)3-2-4-6(8)9;1-6(8)4-2-3-5-7;1-3-5-6-4-2;1-2-4-5-3-1;1-3-5-4-2;1-3-6-4-2-5-1;;;;/h6-13H,3-5H2,1-2H3;3-5H,2,7H2,1H3,(H,8,9);5H,2-4,7H2,1H3,(H3,8,9);6H,2-5,7-8H2,1H3;3-6H2,1-2H3;1-5H2;3-5H2,1-2H3;5H,1-4H2;4*1H4/p+1/t6-,7+,8-,9-;2*5-;6-;;;;;;;;/m1111......../s1. The van der Waals surface area contributed by atoms with E-state index in [1.54, 1.807) is 13.3 Å². The minimum absolute atomic E-state index is 0. The van der Waals surface area contributed by atoms with Gasteiger partial charge in [0.1, 0.15) is 24.1 Å². The Morgan fingerprint density at radius 2 is 1.09 bits per heavy atom. The predicted molar refractivity (Wildman–Crippen MR) is 289 cm³/mol. The van der Waals surface area contributed by atoms with Crippen molar-refractivity contribution in [3.05, 3.63) is 18.2 Å². The number of hydrogen-bond donors (Lipinski definition) is 12. The molecule has 0 amide bonds. The van der Waals surface area contributed by atoms with Gasteiger partial charge in [-0.3, -0.25) is 10.4 Å². The fraction of sp³-hybridized carbons (Fsp3) is 0.922. The van der Waals surface area contributed by atoms with Gasteiger partial charge in [0.2, 0.25) is 6.33 Å². The molecule has 0 unspecified atom stereocenters. The molecule has 14 heteroatoms. The number of amidine groups is 1. The number of ether oxygens (including phenoxy) is 1. The lowest BCUT2D eigenvalue weighted by atomic mass is 9.99. The number of rotatable bonds is 21. The lowest BCUT2D eigenvalue weighted by Gasteiger charge is -2.25. The van der Waals surface area contributed by atoms with E-state index in [0.29, 0.717) is 25.3 Å². The lowest BCUT2D eigenvalue weighted by Crippen LogP contribution is -2.44. The number of H-pyrrole nitrogens is 2. The number of unbranched alkanes of at least 4 members (excludes halogenated alkanes) is 6. The van der Waals surface area contributed by atoms with Gasteiger partial charge in [-0.25, -0.2) is 4.98 Å². The monoisotopic (exact) mass is 943 g/mol. The minimum Gasteiger partial charge on any atom is -0.390 e. The number of aromatic amines is 2. The van der Waals surface area contributed by atoms with E-state index in [4.69, 9.17) is 38.8 Å². The van der Waals surface area contributed by atoms with Gasteiger partial charge in [-0.05, 0) is 65.8 Å². The van der Waals surface area contributed by atoms with Crippen LogP contribution in [-0.4, -0.2) is 107 Å². The van der Waals surface area contributed by atoms with Gasteiger partial charge < -0.3 is 59.1 Å². The van der Waals surface area contributed by atoms with Gasteiger partial charge in [0, 0.05) is 44.1 Å². The van der Waals surface area contributed by atoms with E-state index in [1.165, 1.54) is 83.5 Å². The normalized spacial score (nSPS) is 15.1. The fourth-order valence-corrected chi connectivity index (χ4v) is 5.42. The van der Waals surface area contributed by atoms with E-state index in [9.17, 15) is 20.4 Å². The Labute approximate surface area is 406 Å². The Hall–Kier alpha value is -1.72. The maximum atomic E-state index is 9.36. The molecule has 0 spiro atoms. The van der Waals surface area contributed by atoms with Crippen molar-refractivity contribution >= 4 is 5.84 Å². The molecule has 1 saturated carbocycles. The van der Waals surface area contributed by atoms with Crippen LogP contribution in [0.5, 0.6) is 0 Å². The molecule has 402 valence electrons. The van der Waals surface area contributed by atoms with Gasteiger partial charge in [0.05, 0.1) is 31.3 Å². The number of morpholine rings is 1. The molecular weight excluding hydrogens is 819 g/mol. The van der Waals surface area contributed by atoms with Crippen LogP contribution in [0, 0.1) is 5.41 Å².